The van der Waals surface area contributed by atoms with E-state index in [0.717, 1.165) is 81.1 Å². The lowest BCUT2D eigenvalue weighted by Gasteiger charge is -2.42. The van der Waals surface area contributed by atoms with Crippen LogP contribution in [0.4, 0.5) is 10.5 Å². The maximum Gasteiger partial charge on any atom is 0.319 e. The predicted molar refractivity (Wildman–Crippen MR) is 117 cm³/mol. The molecule has 5 rings (SSSR count). The Morgan fingerprint density at radius 3 is 2.67 bits per heavy atom. The Bertz CT molecular complexity index is 901. The number of fused-ring (bicyclic) bond motifs is 4. The molecule has 3 heterocycles. The first kappa shape index (κ1) is 21.4. The number of benzene rings is 1. The van der Waals surface area contributed by atoms with E-state index in [-0.39, 0.29) is 11.6 Å². The van der Waals surface area contributed by atoms with Crippen LogP contribution < -0.4 is 16.0 Å². The molecule has 2 fully saturated rings. The van der Waals surface area contributed by atoms with E-state index in [0.29, 0.717) is 23.3 Å². The summed E-state index contributed by atoms with van der Waals surface area (Å²) in [5, 5.41) is 18.3. The Labute approximate surface area is 181 Å². The first-order valence-corrected chi connectivity index (χ1v) is 11.1. The number of anilines is 1. The van der Waals surface area contributed by atoms with Crippen molar-refractivity contribution in [1.82, 2.24) is 10.6 Å². The fraction of sp³-hybridized carbons (Fsp3) is 0.591. The molecule has 164 valence electrons. The van der Waals surface area contributed by atoms with Crippen LogP contribution in [0, 0.1) is 0 Å². The van der Waals surface area contributed by atoms with E-state index in [4.69, 9.17) is 25.9 Å². The minimum absolute atomic E-state index is 0.177. The summed E-state index contributed by atoms with van der Waals surface area (Å²) in [6.07, 6.45) is 7.27. The van der Waals surface area contributed by atoms with Crippen LogP contribution in [-0.4, -0.2) is 37.5 Å². The fourth-order valence-electron chi connectivity index (χ4n) is 4.97. The van der Waals surface area contributed by atoms with Crippen LogP contribution in [0.3, 0.4) is 0 Å². The lowest BCUT2D eigenvalue weighted by atomic mass is 9.74. The molecule has 2 amide bonds. The smallest absolute Gasteiger partial charge is 0.319 e. The van der Waals surface area contributed by atoms with Gasteiger partial charge in [0.15, 0.2) is 0 Å². The van der Waals surface area contributed by atoms with Gasteiger partial charge in [0, 0.05) is 37.3 Å². The number of aliphatic hydroxyl groups excluding tert-OH is 1. The number of carbonyl (C=O) groups excluding carboxylic acids is 1. The lowest BCUT2D eigenvalue weighted by Crippen LogP contribution is -2.52. The molecule has 7 nitrogen and oxygen atoms in total. The zero-order valence-corrected chi connectivity index (χ0v) is 18.1. The highest BCUT2D eigenvalue weighted by molar-refractivity contribution is 6.35. The monoisotopic (exact) mass is 435 g/mol. The lowest BCUT2D eigenvalue weighted by molar-refractivity contribution is 0.0771. The van der Waals surface area contributed by atoms with Crippen molar-refractivity contribution in [3.05, 3.63) is 28.5 Å². The topological polar surface area (TPSA) is 95.8 Å². The number of carbonyl (C=O) groups is 1. The van der Waals surface area contributed by atoms with Crippen LogP contribution in [0.5, 0.6) is 0 Å². The Kier molecular flexibility index (Phi) is 6.53. The number of furan rings is 1. The molecule has 1 saturated heterocycles. The summed E-state index contributed by atoms with van der Waals surface area (Å²) in [7, 11) is 1.00. The van der Waals surface area contributed by atoms with Crippen molar-refractivity contribution < 1.29 is 19.1 Å². The Morgan fingerprint density at radius 2 is 1.93 bits per heavy atom. The van der Waals surface area contributed by atoms with Crippen molar-refractivity contribution in [3.8, 4) is 0 Å². The second kappa shape index (κ2) is 9.14. The normalized spacial score (nSPS) is 20.8. The van der Waals surface area contributed by atoms with Crippen LogP contribution in [0.25, 0.3) is 11.0 Å². The van der Waals surface area contributed by atoms with Crippen LogP contribution in [0.15, 0.2) is 16.5 Å². The molecule has 1 saturated carbocycles. The highest BCUT2D eigenvalue weighted by Gasteiger charge is 2.43. The molecule has 0 bridgehead atoms. The zero-order chi connectivity index (χ0) is 21.1. The highest BCUT2D eigenvalue weighted by atomic mass is 35.5. The molecule has 1 spiro atoms. The minimum atomic E-state index is -0.387. The van der Waals surface area contributed by atoms with Crippen LogP contribution in [0.1, 0.15) is 56.3 Å². The van der Waals surface area contributed by atoms with Gasteiger partial charge in [-0.25, -0.2) is 4.79 Å². The quantitative estimate of drug-likeness (QED) is 0.577. The second-order valence-corrected chi connectivity index (χ2v) is 8.64. The molecule has 2 aromatic rings. The maximum atomic E-state index is 12.3. The molecule has 0 unspecified atom stereocenters. The Balaban J connectivity index is 0.00000106. The third kappa shape index (κ3) is 4.04. The number of ether oxygens (including phenoxy) is 1. The molecule has 1 aromatic carbocycles. The number of urea groups is 1. The maximum absolute atomic E-state index is 12.3. The van der Waals surface area contributed by atoms with E-state index >= 15 is 0 Å². The first-order valence-electron chi connectivity index (χ1n) is 10.8. The molecular weight excluding hydrogens is 406 g/mol. The number of hydrogen-bond donors (Lipinski definition) is 4. The van der Waals surface area contributed by atoms with Gasteiger partial charge in [0.25, 0.3) is 0 Å². The van der Waals surface area contributed by atoms with E-state index in [9.17, 15) is 4.79 Å². The highest BCUT2D eigenvalue weighted by Crippen LogP contribution is 2.48. The first-order chi connectivity index (χ1) is 14.6. The van der Waals surface area contributed by atoms with Gasteiger partial charge in [-0.3, -0.25) is 0 Å². The van der Waals surface area contributed by atoms with Crippen LogP contribution in [0.2, 0.25) is 5.02 Å². The Hall–Kier alpha value is -1.80. The second-order valence-electron chi connectivity index (χ2n) is 8.23. The number of aliphatic hydroxyl groups is 1. The van der Waals surface area contributed by atoms with Crippen LogP contribution >= 0.6 is 11.6 Å². The number of hydrogen-bond acceptors (Lipinski definition) is 5. The SMILES string of the molecule is CO.O=C1Nc2c(Cl)cc3cc(CNC4CCOCC4)oc3c2C2(CCCCC2)N1. The van der Waals surface area contributed by atoms with Gasteiger partial charge in [0.2, 0.25) is 0 Å². The molecule has 0 atom stereocenters. The van der Waals surface area contributed by atoms with Gasteiger partial charge in [0.05, 0.1) is 22.8 Å². The Morgan fingerprint density at radius 1 is 1.20 bits per heavy atom. The number of amides is 2. The summed E-state index contributed by atoms with van der Waals surface area (Å²) in [6, 6.07) is 4.26. The molecular formula is C22H30ClN3O4. The summed E-state index contributed by atoms with van der Waals surface area (Å²) in [5.41, 5.74) is 2.18. The van der Waals surface area contributed by atoms with E-state index in [2.05, 4.69) is 22.0 Å². The van der Waals surface area contributed by atoms with Crippen LogP contribution in [-0.2, 0) is 16.8 Å². The zero-order valence-electron chi connectivity index (χ0n) is 17.4. The molecule has 2 aliphatic heterocycles. The van der Waals surface area contributed by atoms with Gasteiger partial charge in [-0.15, -0.1) is 0 Å². The third-order valence-corrected chi connectivity index (χ3v) is 6.67. The molecule has 1 aromatic heterocycles. The summed E-state index contributed by atoms with van der Waals surface area (Å²) in [6.45, 7) is 2.31. The van der Waals surface area contributed by atoms with Crippen molar-refractivity contribution in [3.63, 3.8) is 0 Å². The average molecular weight is 436 g/mol. The van der Waals surface area contributed by atoms with Crippen molar-refractivity contribution >= 4 is 34.3 Å². The number of halogens is 1. The van der Waals surface area contributed by atoms with Gasteiger partial charge in [0.1, 0.15) is 11.3 Å². The summed E-state index contributed by atoms with van der Waals surface area (Å²) in [4.78, 5) is 12.3. The summed E-state index contributed by atoms with van der Waals surface area (Å²) < 4.78 is 11.8. The number of rotatable bonds is 3. The van der Waals surface area contributed by atoms with Gasteiger partial charge < -0.3 is 30.2 Å². The van der Waals surface area contributed by atoms with Crippen molar-refractivity contribution in [2.24, 2.45) is 0 Å². The summed E-state index contributed by atoms with van der Waals surface area (Å²) in [5.74, 6) is 0.897. The van der Waals surface area contributed by atoms with Gasteiger partial charge in [-0.2, -0.15) is 0 Å². The third-order valence-electron chi connectivity index (χ3n) is 6.37. The molecule has 30 heavy (non-hydrogen) atoms. The van der Waals surface area contributed by atoms with E-state index in [1.165, 1.54) is 6.42 Å². The summed E-state index contributed by atoms with van der Waals surface area (Å²) >= 11 is 6.58. The van der Waals surface area contributed by atoms with E-state index in [1.54, 1.807) is 0 Å². The molecule has 8 heteroatoms. The average Bonchev–Trinajstić information content (AvgIpc) is 3.17. The van der Waals surface area contributed by atoms with E-state index < -0.39 is 0 Å². The predicted octanol–water partition coefficient (Wildman–Crippen LogP) is 4.26. The van der Waals surface area contributed by atoms with E-state index in [1.807, 2.05) is 6.07 Å². The number of nitrogens with one attached hydrogen (secondary N) is 3. The minimum Gasteiger partial charge on any atom is -0.459 e. The van der Waals surface area contributed by atoms with Gasteiger partial charge in [-0.05, 0) is 37.8 Å². The van der Waals surface area contributed by atoms with Crippen molar-refractivity contribution in [2.75, 3.05) is 25.6 Å². The molecule has 1 aliphatic carbocycles. The standard InChI is InChI=1S/C21H26ClN3O3.CH4O/c22-16-11-13-10-15(12-23-14-4-8-27-9-5-14)28-19(13)17-18(16)24-20(26)25-21(17)6-2-1-3-7-21;1-2/h10-11,14,23H,1-9,12H2,(H2,24,25,26);2H,1H3. The molecule has 3 aliphatic rings. The molecule has 0 radical (unpaired) electrons. The molecule has 4 N–H and O–H groups in total. The van der Waals surface area contributed by atoms with Gasteiger partial charge >= 0.3 is 6.03 Å². The van der Waals surface area contributed by atoms with Crippen molar-refractivity contribution in [2.45, 2.75) is 63.1 Å². The van der Waals surface area contributed by atoms with Crippen molar-refractivity contribution in [1.29, 1.82) is 0 Å². The fourth-order valence-corrected chi connectivity index (χ4v) is 5.23. The van der Waals surface area contributed by atoms with Gasteiger partial charge in [-0.1, -0.05) is 30.9 Å². The largest absolute Gasteiger partial charge is 0.459 e.